The Balaban J connectivity index is 1.37. The van der Waals surface area contributed by atoms with E-state index in [0.717, 1.165) is 29.7 Å². The van der Waals surface area contributed by atoms with Crippen LogP contribution in [0.2, 0.25) is 0 Å². The molecule has 156 valence electrons. The van der Waals surface area contributed by atoms with Crippen LogP contribution in [0.4, 0.5) is 4.79 Å². The van der Waals surface area contributed by atoms with Crippen LogP contribution < -0.4 is 10.1 Å². The van der Waals surface area contributed by atoms with E-state index in [1.807, 2.05) is 66.7 Å². The largest absolute Gasteiger partial charge is 0.492 e. The standard InChI is InChI=1S/C26H24N2O3/c29-24-26(21-10-3-1-4-11-21,22-12-5-2-6-13-22)27-25(30)28(24)16-17-31-23-15-14-19-8-7-9-20(19)18-23/h1-6,10-15,18H,7-9,16-17H2,(H,27,30). The zero-order chi connectivity index (χ0) is 21.3. The van der Waals surface area contributed by atoms with Gasteiger partial charge in [0.25, 0.3) is 5.91 Å². The third-order valence-electron chi connectivity index (χ3n) is 6.17. The summed E-state index contributed by atoms with van der Waals surface area (Å²) in [6, 6.07) is 24.5. The number of nitrogens with zero attached hydrogens (tertiary/aromatic N) is 1. The molecule has 5 rings (SSSR count). The first-order valence-electron chi connectivity index (χ1n) is 10.7. The van der Waals surface area contributed by atoms with Gasteiger partial charge in [0, 0.05) is 0 Å². The normalized spacial score (nSPS) is 16.8. The maximum atomic E-state index is 13.6. The first-order chi connectivity index (χ1) is 15.2. The maximum Gasteiger partial charge on any atom is 0.325 e. The van der Waals surface area contributed by atoms with Crippen molar-refractivity contribution in [2.75, 3.05) is 13.2 Å². The number of carbonyl (C=O) groups is 2. The van der Waals surface area contributed by atoms with Crippen LogP contribution in [0, 0.1) is 0 Å². The Kier molecular flexibility index (Phi) is 4.94. The van der Waals surface area contributed by atoms with E-state index < -0.39 is 11.6 Å². The van der Waals surface area contributed by atoms with Crippen molar-refractivity contribution in [2.45, 2.75) is 24.8 Å². The summed E-state index contributed by atoms with van der Waals surface area (Å²) < 4.78 is 5.90. The molecule has 3 aromatic carbocycles. The molecule has 0 saturated carbocycles. The van der Waals surface area contributed by atoms with Crippen LogP contribution in [0.1, 0.15) is 28.7 Å². The highest BCUT2D eigenvalue weighted by molar-refractivity contribution is 6.09. The van der Waals surface area contributed by atoms with Crippen molar-refractivity contribution in [3.05, 3.63) is 101 Å². The molecule has 2 aliphatic rings. The van der Waals surface area contributed by atoms with Crippen LogP contribution in [-0.4, -0.2) is 30.0 Å². The molecule has 3 amide bonds. The Hall–Kier alpha value is -3.60. The molecule has 1 N–H and O–H groups in total. The van der Waals surface area contributed by atoms with Crippen molar-refractivity contribution in [3.8, 4) is 5.75 Å². The van der Waals surface area contributed by atoms with Crippen molar-refractivity contribution in [3.63, 3.8) is 0 Å². The van der Waals surface area contributed by atoms with Crippen LogP contribution in [0.15, 0.2) is 78.9 Å². The summed E-state index contributed by atoms with van der Waals surface area (Å²) in [4.78, 5) is 27.8. The predicted octanol–water partition coefficient (Wildman–Crippen LogP) is 4.05. The summed E-state index contributed by atoms with van der Waals surface area (Å²) in [6.07, 6.45) is 3.39. The number of urea groups is 1. The Bertz CT molecular complexity index is 1070. The lowest BCUT2D eigenvalue weighted by Gasteiger charge is -2.28. The molecule has 0 aromatic heterocycles. The number of ether oxygens (including phenoxy) is 1. The summed E-state index contributed by atoms with van der Waals surface area (Å²) in [5, 5.41) is 2.96. The highest BCUT2D eigenvalue weighted by atomic mass is 16.5. The number of amides is 3. The second-order valence-corrected chi connectivity index (χ2v) is 8.00. The van der Waals surface area contributed by atoms with Gasteiger partial charge in [-0.25, -0.2) is 4.79 Å². The van der Waals surface area contributed by atoms with Gasteiger partial charge in [0.05, 0.1) is 6.54 Å². The molecular formula is C26H24N2O3. The first kappa shape index (κ1) is 19.4. The van der Waals surface area contributed by atoms with Gasteiger partial charge < -0.3 is 10.1 Å². The van der Waals surface area contributed by atoms with Crippen molar-refractivity contribution < 1.29 is 14.3 Å². The number of imide groups is 1. The molecule has 0 atom stereocenters. The number of hydrogen-bond acceptors (Lipinski definition) is 3. The third kappa shape index (κ3) is 3.36. The predicted molar refractivity (Wildman–Crippen MR) is 118 cm³/mol. The smallest absolute Gasteiger partial charge is 0.325 e. The minimum atomic E-state index is -1.23. The van der Waals surface area contributed by atoms with Crippen molar-refractivity contribution in [1.82, 2.24) is 10.2 Å². The fourth-order valence-corrected chi connectivity index (χ4v) is 4.61. The van der Waals surface area contributed by atoms with Gasteiger partial charge in [-0.3, -0.25) is 9.69 Å². The second-order valence-electron chi connectivity index (χ2n) is 8.00. The topological polar surface area (TPSA) is 58.6 Å². The molecule has 1 fully saturated rings. The fraction of sp³-hybridized carbons (Fsp3) is 0.231. The number of aryl methyl sites for hydroxylation is 2. The molecule has 5 heteroatoms. The lowest BCUT2D eigenvalue weighted by Crippen LogP contribution is -2.45. The van der Waals surface area contributed by atoms with Gasteiger partial charge in [-0.05, 0) is 53.6 Å². The average molecular weight is 412 g/mol. The van der Waals surface area contributed by atoms with Crippen LogP contribution in [0.5, 0.6) is 5.75 Å². The molecule has 3 aromatic rings. The van der Waals surface area contributed by atoms with E-state index in [0.29, 0.717) is 0 Å². The molecule has 1 aliphatic heterocycles. The number of benzene rings is 3. The zero-order valence-electron chi connectivity index (χ0n) is 17.2. The van der Waals surface area contributed by atoms with Crippen LogP contribution in [0.3, 0.4) is 0 Å². The average Bonchev–Trinajstić information content (AvgIpc) is 3.38. The molecule has 0 bridgehead atoms. The minimum absolute atomic E-state index is 0.184. The summed E-state index contributed by atoms with van der Waals surface area (Å²) in [5.41, 5.74) is 2.97. The van der Waals surface area contributed by atoms with Gasteiger partial charge in [-0.2, -0.15) is 0 Å². The summed E-state index contributed by atoms with van der Waals surface area (Å²) >= 11 is 0. The van der Waals surface area contributed by atoms with Gasteiger partial charge in [-0.15, -0.1) is 0 Å². The van der Waals surface area contributed by atoms with E-state index in [2.05, 4.69) is 17.4 Å². The van der Waals surface area contributed by atoms with Crippen molar-refractivity contribution in [1.29, 1.82) is 0 Å². The van der Waals surface area contributed by atoms with Crippen LogP contribution in [0.25, 0.3) is 0 Å². The van der Waals surface area contributed by atoms with Gasteiger partial charge in [-0.1, -0.05) is 66.7 Å². The van der Waals surface area contributed by atoms with Crippen LogP contribution in [-0.2, 0) is 23.2 Å². The fourth-order valence-electron chi connectivity index (χ4n) is 4.61. The number of rotatable bonds is 6. The molecule has 5 nitrogen and oxygen atoms in total. The first-order valence-corrected chi connectivity index (χ1v) is 10.7. The summed E-state index contributed by atoms with van der Waals surface area (Å²) in [7, 11) is 0. The van der Waals surface area contributed by atoms with Crippen molar-refractivity contribution in [2.24, 2.45) is 0 Å². The summed E-state index contributed by atoms with van der Waals surface area (Å²) in [6.45, 7) is 0.431. The van der Waals surface area contributed by atoms with Crippen LogP contribution >= 0.6 is 0 Å². The highest BCUT2D eigenvalue weighted by Crippen LogP contribution is 2.36. The van der Waals surface area contributed by atoms with Gasteiger partial charge >= 0.3 is 6.03 Å². The molecule has 1 aliphatic carbocycles. The number of hydrogen-bond donors (Lipinski definition) is 1. The Morgan fingerprint density at radius 1 is 0.839 bits per heavy atom. The third-order valence-corrected chi connectivity index (χ3v) is 6.17. The SMILES string of the molecule is O=C1NC(c2ccccc2)(c2ccccc2)C(=O)N1CCOc1ccc2c(c1)CCC2. The molecule has 0 spiro atoms. The summed E-state index contributed by atoms with van der Waals surface area (Å²) in [5.74, 6) is 0.498. The molecule has 0 unspecified atom stereocenters. The monoisotopic (exact) mass is 412 g/mol. The quantitative estimate of drug-likeness (QED) is 0.622. The molecule has 0 radical (unpaired) electrons. The molecule has 1 heterocycles. The molecule has 31 heavy (non-hydrogen) atoms. The van der Waals surface area contributed by atoms with E-state index in [1.165, 1.54) is 22.4 Å². The number of fused-ring (bicyclic) bond motifs is 1. The lowest BCUT2D eigenvalue weighted by atomic mass is 9.82. The van der Waals surface area contributed by atoms with Gasteiger partial charge in [0.1, 0.15) is 12.4 Å². The van der Waals surface area contributed by atoms with E-state index in [4.69, 9.17) is 4.74 Å². The van der Waals surface area contributed by atoms with E-state index in [-0.39, 0.29) is 19.1 Å². The van der Waals surface area contributed by atoms with Gasteiger partial charge in [0.15, 0.2) is 5.54 Å². The number of carbonyl (C=O) groups excluding carboxylic acids is 2. The zero-order valence-corrected chi connectivity index (χ0v) is 17.2. The Morgan fingerprint density at radius 3 is 2.16 bits per heavy atom. The maximum absolute atomic E-state index is 13.6. The van der Waals surface area contributed by atoms with E-state index in [1.54, 1.807) is 0 Å². The van der Waals surface area contributed by atoms with E-state index in [9.17, 15) is 9.59 Å². The second kappa shape index (κ2) is 7.91. The molecule has 1 saturated heterocycles. The number of nitrogens with one attached hydrogen (secondary N) is 1. The Morgan fingerprint density at radius 2 is 1.48 bits per heavy atom. The lowest BCUT2D eigenvalue weighted by molar-refractivity contribution is -0.130. The van der Waals surface area contributed by atoms with E-state index >= 15 is 0 Å². The van der Waals surface area contributed by atoms with Crippen molar-refractivity contribution >= 4 is 11.9 Å². The highest BCUT2D eigenvalue weighted by Gasteiger charge is 2.53. The molecular weight excluding hydrogens is 388 g/mol. The Labute approximate surface area is 181 Å². The minimum Gasteiger partial charge on any atom is -0.492 e. The van der Waals surface area contributed by atoms with Gasteiger partial charge in [0.2, 0.25) is 0 Å².